The third-order valence-electron chi connectivity index (χ3n) is 7.06. The van der Waals surface area contributed by atoms with Crippen LogP contribution in [0, 0.1) is 39.5 Å². The molecule has 3 unspecified atom stereocenters. The average molecular weight is 422 g/mol. The normalized spacial score (nSPS) is 21.9. The number of carbonyl (C=O) groups is 1. The van der Waals surface area contributed by atoms with Crippen LogP contribution in [0.25, 0.3) is 0 Å². The molecule has 2 fully saturated rings. The van der Waals surface area contributed by atoms with Crippen LogP contribution in [0.3, 0.4) is 0 Å². The second-order valence-electron chi connectivity index (χ2n) is 9.55. The lowest BCUT2D eigenvalue weighted by atomic mass is 10.0. The molecule has 31 heavy (non-hydrogen) atoms. The van der Waals surface area contributed by atoms with Gasteiger partial charge in [-0.3, -0.25) is 9.69 Å². The minimum absolute atomic E-state index is 0.175. The van der Waals surface area contributed by atoms with Crippen LogP contribution < -0.4 is 5.32 Å². The molecule has 0 spiro atoms. The number of fused-ring (bicyclic) bond motifs is 1. The van der Waals surface area contributed by atoms with Crippen LogP contribution in [0.2, 0.25) is 0 Å². The van der Waals surface area contributed by atoms with Gasteiger partial charge in [0.05, 0.1) is 6.10 Å². The van der Waals surface area contributed by atoms with Crippen LogP contribution in [-0.2, 0) is 0 Å². The molecule has 5 heteroatoms. The fraction of sp³-hybridized carbons (Fsp3) is 0.500. The summed E-state index contributed by atoms with van der Waals surface area (Å²) in [6.45, 7) is 13.0. The summed E-state index contributed by atoms with van der Waals surface area (Å²) in [6.07, 6.45) is -0.409. The van der Waals surface area contributed by atoms with Crippen molar-refractivity contribution in [3.05, 3.63) is 64.2 Å². The van der Waals surface area contributed by atoms with E-state index in [0.717, 1.165) is 48.6 Å². The average Bonchev–Trinajstić information content (AvgIpc) is 3.27. The SMILES string of the molecule is Cc1ccc(NCC(O)CN2CC3CN(C(=O)c4c(C)cccc4C)CC3C2)cc1C. The smallest absolute Gasteiger partial charge is 0.254 e. The molecule has 2 aromatic carbocycles. The maximum atomic E-state index is 13.1. The molecule has 2 N–H and O–H groups in total. The minimum atomic E-state index is -0.409. The van der Waals surface area contributed by atoms with Crippen LogP contribution >= 0.6 is 0 Å². The van der Waals surface area contributed by atoms with Gasteiger partial charge in [-0.15, -0.1) is 0 Å². The highest BCUT2D eigenvalue weighted by Crippen LogP contribution is 2.32. The van der Waals surface area contributed by atoms with Gasteiger partial charge >= 0.3 is 0 Å². The minimum Gasteiger partial charge on any atom is -0.390 e. The Balaban J connectivity index is 1.26. The van der Waals surface area contributed by atoms with E-state index in [1.54, 1.807) is 0 Å². The van der Waals surface area contributed by atoms with E-state index in [9.17, 15) is 9.90 Å². The van der Waals surface area contributed by atoms with Crippen molar-refractivity contribution in [1.29, 1.82) is 0 Å². The third kappa shape index (κ3) is 4.78. The molecule has 3 atom stereocenters. The third-order valence-corrected chi connectivity index (χ3v) is 7.06. The predicted molar refractivity (Wildman–Crippen MR) is 126 cm³/mol. The molecule has 2 saturated heterocycles. The Bertz CT molecular complexity index is 923. The first kappa shape index (κ1) is 21.8. The zero-order valence-corrected chi connectivity index (χ0v) is 19.2. The Morgan fingerprint density at radius 1 is 0.968 bits per heavy atom. The van der Waals surface area contributed by atoms with Crippen molar-refractivity contribution >= 4 is 11.6 Å². The maximum Gasteiger partial charge on any atom is 0.254 e. The number of hydrogen-bond donors (Lipinski definition) is 2. The van der Waals surface area contributed by atoms with Crippen molar-refractivity contribution < 1.29 is 9.90 Å². The number of aliphatic hydroxyl groups is 1. The number of β-amino-alcohol motifs (C(OH)–C–C–N with tert-alkyl or cyclic N) is 1. The second kappa shape index (κ2) is 9.01. The monoisotopic (exact) mass is 421 g/mol. The summed E-state index contributed by atoms with van der Waals surface area (Å²) in [4.78, 5) is 17.5. The number of aryl methyl sites for hydroxylation is 4. The van der Waals surface area contributed by atoms with Gasteiger partial charge in [-0.1, -0.05) is 24.3 Å². The van der Waals surface area contributed by atoms with Crippen LogP contribution in [0.4, 0.5) is 5.69 Å². The van der Waals surface area contributed by atoms with Crippen LogP contribution in [0.5, 0.6) is 0 Å². The summed E-state index contributed by atoms with van der Waals surface area (Å²) in [6, 6.07) is 12.4. The zero-order valence-electron chi connectivity index (χ0n) is 19.2. The molecular formula is C26H35N3O2. The Morgan fingerprint density at radius 3 is 2.23 bits per heavy atom. The summed E-state index contributed by atoms with van der Waals surface area (Å²) >= 11 is 0. The van der Waals surface area contributed by atoms with Gasteiger partial charge in [-0.2, -0.15) is 0 Å². The Kier molecular flexibility index (Phi) is 6.35. The van der Waals surface area contributed by atoms with Crippen molar-refractivity contribution in [3.8, 4) is 0 Å². The molecule has 0 aliphatic carbocycles. The number of carbonyl (C=O) groups excluding carboxylic acids is 1. The number of likely N-dealkylation sites (tertiary alicyclic amines) is 2. The van der Waals surface area contributed by atoms with Gasteiger partial charge in [0.2, 0.25) is 0 Å². The van der Waals surface area contributed by atoms with E-state index in [0.29, 0.717) is 24.9 Å². The summed E-state index contributed by atoms with van der Waals surface area (Å²) in [7, 11) is 0. The van der Waals surface area contributed by atoms with E-state index < -0.39 is 6.10 Å². The van der Waals surface area contributed by atoms with Crippen LogP contribution in [0.1, 0.15) is 32.6 Å². The fourth-order valence-electron chi connectivity index (χ4n) is 5.16. The maximum absolute atomic E-state index is 13.1. The zero-order chi connectivity index (χ0) is 22.1. The molecule has 0 radical (unpaired) electrons. The van der Waals surface area contributed by atoms with Crippen molar-refractivity contribution in [2.24, 2.45) is 11.8 Å². The van der Waals surface area contributed by atoms with E-state index in [2.05, 4.69) is 42.3 Å². The molecule has 0 bridgehead atoms. The molecule has 4 rings (SSSR count). The van der Waals surface area contributed by atoms with Gasteiger partial charge in [0.1, 0.15) is 0 Å². The van der Waals surface area contributed by atoms with Crippen molar-refractivity contribution in [3.63, 3.8) is 0 Å². The number of benzene rings is 2. The topological polar surface area (TPSA) is 55.8 Å². The Labute approximate surface area is 186 Å². The molecule has 0 saturated carbocycles. The first-order chi connectivity index (χ1) is 14.8. The van der Waals surface area contributed by atoms with Gasteiger partial charge in [-0.05, 0) is 73.9 Å². The van der Waals surface area contributed by atoms with Gasteiger partial charge in [0, 0.05) is 50.5 Å². The number of nitrogens with zero attached hydrogens (tertiary/aromatic N) is 2. The van der Waals surface area contributed by atoms with E-state index in [1.165, 1.54) is 11.1 Å². The van der Waals surface area contributed by atoms with Crippen molar-refractivity contribution in [2.75, 3.05) is 44.6 Å². The number of nitrogens with one attached hydrogen (secondary N) is 1. The fourth-order valence-corrected chi connectivity index (χ4v) is 5.16. The van der Waals surface area contributed by atoms with E-state index in [4.69, 9.17) is 0 Å². The largest absolute Gasteiger partial charge is 0.390 e. The van der Waals surface area contributed by atoms with Gasteiger partial charge in [-0.25, -0.2) is 0 Å². The van der Waals surface area contributed by atoms with Crippen molar-refractivity contribution in [1.82, 2.24) is 9.80 Å². The van der Waals surface area contributed by atoms with Gasteiger partial charge in [0.25, 0.3) is 5.91 Å². The second-order valence-corrected chi connectivity index (χ2v) is 9.55. The molecule has 2 aliphatic rings. The molecule has 1 amide bonds. The Hall–Kier alpha value is -2.37. The first-order valence-corrected chi connectivity index (χ1v) is 11.4. The van der Waals surface area contributed by atoms with Gasteiger partial charge < -0.3 is 15.3 Å². The highest BCUT2D eigenvalue weighted by Gasteiger charge is 2.42. The number of rotatable bonds is 6. The summed E-state index contributed by atoms with van der Waals surface area (Å²) in [5.74, 6) is 1.19. The highest BCUT2D eigenvalue weighted by molar-refractivity contribution is 5.97. The lowest BCUT2D eigenvalue weighted by Crippen LogP contribution is -2.38. The number of amides is 1. The molecule has 2 aliphatic heterocycles. The van der Waals surface area contributed by atoms with Crippen molar-refractivity contribution in [2.45, 2.75) is 33.8 Å². The first-order valence-electron chi connectivity index (χ1n) is 11.4. The molecular weight excluding hydrogens is 386 g/mol. The number of aliphatic hydroxyl groups excluding tert-OH is 1. The van der Waals surface area contributed by atoms with Gasteiger partial charge in [0.15, 0.2) is 0 Å². The van der Waals surface area contributed by atoms with E-state index >= 15 is 0 Å². The van der Waals surface area contributed by atoms with E-state index in [-0.39, 0.29) is 5.91 Å². The molecule has 0 aromatic heterocycles. The standard InChI is InChI=1S/C26H35N3O2/c1-17-8-9-23(10-20(17)4)27-11-24(30)16-28-12-21-14-29(15-22(21)13-28)26(31)25-18(2)6-5-7-19(25)3/h5-10,21-22,24,27,30H,11-16H2,1-4H3. The highest BCUT2D eigenvalue weighted by atomic mass is 16.3. The molecule has 5 nitrogen and oxygen atoms in total. The Morgan fingerprint density at radius 2 is 1.61 bits per heavy atom. The van der Waals surface area contributed by atoms with Crippen LogP contribution in [0.15, 0.2) is 36.4 Å². The lowest BCUT2D eigenvalue weighted by Gasteiger charge is -2.24. The molecule has 166 valence electrons. The number of hydrogen-bond acceptors (Lipinski definition) is 4. The molecule has 2 aromatic rings. The quantitative estimate of drug-likeness (QED) is 0.751. The summed E-state index contributed by atoms with van der Waals surface area (Å²) in [5, 5.41) is 13.9. The summed E-state index contributed by atoms with van der Waals surface area (Å²) < 4.78 is 0. The predicted octanol–water partition coefficient (Wildman–Crippen LogP) is 3.40. The number of anilines is 1. The van der Waals surface area contributed by atoms with E-state index in [1.807, 2.05) is 36.9 Å². The summed E-state index contributed by atoms with van der Waals surface area (Å²) in [5.41, 5.74) is 6.58. The molecule has 2 heterocycles. The van der Waals surface area contributed by atoms with Crippen LogP contribution in [-0.4, -0.2) is 66.2 Å². The lowest BCUT2D eigenvalue weighted by molar-refractivity contribution is 0.0762.